The Morgan fingerprint density at radius 2 is 1.68 bits per heavy atom. The first-order chi connectivity index (χ1) is 12.1. The zero-order valence-electron chi connectivity index (χ0n) is 14.5. The third-order valence-corrected chi connectivity index (χ3v) is 4.21. The van der Waals surface area contributed by atoms with Crippen molar-refractivity contribution in [2.75, 3.05) is 38.8 Å². The Balaban J connectivity index is 1.99. The van der Waals surface area contributed by atoms with Crippen LogP contribution >= 0.6 is 0 Å². The molecule has 1 saturated heterocycles. The van der Waals surface area contributed by atoms with Crippen molar-refractivity contribution in [2.24, 2.45) is 0 Å². The third kappa shape index (κ3) is 3.62. The number of hydrogen-bond donors (Lipinski definition) is 0. The van der Waals surface area contributed by atoms with E-state index in [0.29, 0.717) is 25.6 Å². The van der Waals surface area contributed by atoms with Gasteiger partial charge in [-0.25, -0.2) is 0 Å². The lowest BCUT2D eigenvalue weighted by Gasteiger charge is -2.41. The minimum atomic E-state index is -0.0596. The SMILES string of the molecule is COc1nc(OC)nc(N2CCN(C(C)=O)CC2c2ccccc2)n1. The number of amides is 1. The molecule has 0 spiro atoms. The lowest BCUT2D eigenvalue weighted by molar-refractivity contribution is -0.129. The fraction of sp³-hybridized carbons (Fsp3) is 0.412. The standard InChI is InChI=1S/C17H21N5O3/c1-12(23)21-9-10-22(14(11-21)13-7-5-4-6-8-13)15-18-16(24-2)20-17(19-15)25-3/h4-8,14H,9-11H2,1-3H3. The molecule has 1 amide bonds. The number of ether oxygens (including phenoxy) is 2. The maximum absolute atomic E-state index is 11.8. The summed E-state index contributed by atoms with van der Waals surface area (Å²) in [6, 6.07) is 10.3. The molecule has 132 valence electrons. The normalized spacial score (nSPS) is 17.3. The molecule has 1 aliphatic heterocycles. The Morgan fingerprint density at radius 3 is 2.24 bits per heavy atom. The van der Waals surface area contributed by atoms with E-state index < -0.39 is 0 Å². The highest BCUT2D eigenvalue weighted by molar-refractivity contribution is 5.73. The summed E-state index contributed by atoms with van der Waals surface area (Å²) >= 11 is 0. The van der Waals surface area contributed by atoms with Crippen LogP contribution in [0.2, 0.25) is 0 Å². The van der Waals surface area contributed by atoms with Crippen molar-refractivity contribution < 1.29 is 14.3 Å². The first-order valence-electron chi connectivity index (χ1n) is 8.03. The minimum absolute atomic E-state index is 0.0596. The van der Waals surface area contributed by atoms with Gasteiger partial charge in [0, 0.05) is 26.6 Å². The molecule has 0 aliphatic carbocycles. The van der Waals surface area contributed by atoms with Gasteiger partial charge in [0.1, 0.15) is 0 Å². The predicted molar refractivity (Wildman–Crippen MR) is 91.7 cm³/mol. The molecule has 0 radical (unpaired) electrons. The Bertz CT molecular complexity index is 718. The molecule has 1 aliphatic rings. The van der Waals surface area contributed by atoms with E-state index in [1.165, 1.54) is 14.2 Å². The molecule has 1 unspecified atom stereocenters. The van der Waals surface area contributed by atoms with Crippen LogP contribution in [0, 0.1) is 0 Å². The lowest BCUT2D eigenvalue weighted by Crippen LogP contribution is -2.50. The lowest BCUT2D eigenvalue weighted by atomic mass is 10.0. The molecule has 8 nitrogen and oxygen atoms in total. The van der Waals surface area contributed by atoms with Gasteiger partial charge in [0.05, 0.1) is 20.3 Å². The molecule has 1 fully saturated rings. The van der Waals surface area contributed by atoms with Gasteiger partial charge in [-0.1, -0.05) is 30.3 Å². The van der Waals surface area contributed by atoms with Crippen molar-refractivity contribution in [1.29, 1.82) is 0 Å². The molecular formula is C17H21N5O3. The maximum atomic E-state index is 11.8. The highest BCUT2D eigenvalue weighted by atomic mass is 16.5. The van der Waals surface area contributed by atoms with Gasteiger partial charge in [0.2, 0.25) is 11.9 Å². The summed E-state index contributed by atoms with van der Waals surface area (Å²) in [6.45, 7) is 3.37. The van der Waals surface area contributed by atoms with E-state index in [4.69, 9.17) is 9.47 Å². The van der Waals surface area contributed by atoms with E-state index in [9.17, 15) is 4.79 Å². The number of anilines is 1. The van der Waals surface area contributed by atoms with Crippen molar-refractivity contribution in [1.82, 2.24) is 19.9 Å². The Morgan fingerprint density at radius 1 is 1.04 bits per heavy atom. The average Bonchev–Trinajstić information content (AvgIpc) is 2.67. The number of piperazine rings is 1. The second-order valence-electron chi connectivity index (χ2n) is 5.69. The van der Waals surface area contributed by atoms with Crippen molar-refractivity contribution in [3.63, 3.8) is 0 Å². The molecular weight excluding hydrogens is 322 g/mol. The first kappa shape index (κ1) is 16.9. The number of carbonyl (C=O) groups is 1. The molecule has 3 rings (SSSR count). The molecule has 0 N–H and O–H groups in total. The van der Waals surface area contributed by atoms with Crippen LogP contribution in [0.5, 0.6) is 12.0 Å². The van der Waals surface area contributed by atoms with E-state index in [-0.39, 0.29) is 24.0 Å². The Hall–Kier alpha value is -2.90. The molecule has 2 aromatic rings. The third-order valence-electron chi connectivity index (χ3n) is 4.21. The minimum Gasteiger partial charge on any atom is -0.467 e. The van der Waals surface area contributed by atoms with Crippen LogP contribution in [0.3, 0.4) is 0 Å². The van der Waals surface area contributed by atoms with Crippen LogP contribution in [0.15, 0.2) is 30.3 Å². The van der Waals surface area contributed by atoms with E-state index in [1.54, 1.807) is 6.92 Å². The predicted octanol–water partition coefficient (Wildman–Crippen LogP) is 1.30. The Labute approximate surface area is 146 Å². The fourth-order valence-electron chi connectivity index (χ4n) is 2.91. The smallest absolute Gasteiger partial charge is 0.324 e. The van der Waals surface area contributed by atoms with Crippen LogP contribution in [0.25, 0.3) is 0 Å². The van der Waals surface area contributed by atoms with Crippen LogP contribution in [0.4, 0.5) is 5.95 Å². The largest absolute Gasteiger partial charge is 0.467 e. The monoisotopic (exact) mass is 343 g/mol. The van der Waals surface area contributed by atoms with Gasteiger partial charge in [-0.3, -0.25) is 4.79 Å². The number of hydrogen-bond acceptors (Lipinski definition) is 7. The summed E-state index contributed by atoms with van der Waals surface area (Å²) in [6.07, 6.45) is 0. The first-order valence-corrected chi connectivity index (χ1v) is 8.03. The summed E-state index contributed by atoms with van der Waals surface area (Å²) in [7, 11) is 3.00. The molecule has 25 heavy (non-hydrogen) atoms. The van der Waals surface area contributed by atoms with Crippen molar-refractivity contribution in [3.8, 4) is 12.0 Å². The molecule has 1 atom stereocenters. The van der Waals surface area contributed by atoms with Gasteiger partial charge in [-0.05, 0) is 5.56 Å². The molecule has 2 heterocycles. The second kappa shape index (κ2) is 7.33. The van der Waals surface area contributed by atoms with Gasteiger partial charge < -0.3 is 19.3 Å². The summed E-state index contributed by atoms with van der Waals surface area (Å²) in [5.74, 6) is 0.534. The fourth-order valence-corrected chi connectivity index (χ4v) is 2.91. The van der Waals surface area contributed by atoms with Crippen molar-refractivity contribution in [3.05, 3.63) is 35.9 Å². The van der Waals surface area contributed by atoms with Gasteiger partial charge >= 0.3 is 12.0 Å². The van der Waals surface area contributed by atoms with E-state index in [2.05, 4.69) is 19.9 Å². The number of nitrogens with zero attached hydrogens (tertiary/aromatic N) is 5. The van der Waals surface area contributed by atoms with Crippen LogP contribution in [-0.2, 0) is 4.79 Å². The summed E-state index contributed by atoms with van der Waals surface area (Å²) < 4.78 is 10.3. The van der Waals surface area contributed by atoms with Gasteiger partial charge in [0.25, 0.3) is 0 Å². The molecule has 1 aromatic heterocycles. The van der Waals surface area contributed by atoms with Gasteiger partial charge in [-0.2, -0.15) is 9.97 Å². The number of methoxy groups -OCH3 is 2. The molecule has 0 bridgehead atoms. The highest BCUT2D eigenvalue weighted by Gasteiger charge is 2.31. The van der Waals surface area contributed by atoms with E-state index in [0.717, 1.165) is 5.56 Å². The van der Waals surface area contributed by atoms with E-state index in [1.807, 2.05) is 35.2 Å². The second-order valence-corrected chi connectivity index (χ2v) is 5.69. The zero-order valence-corrected chi connectivity index (χ0v) is 14.5. The summed E-state index contributed by atoms with van der Waals surface area (Å²) in [4.78, 5) is 28.5. The number of carbonyl (C=O) groups excluding carboxylic acids is 1. The van der Waals surface area contributed by atoms with Crippen molar-refractivity contribution in [2.45, 2.75) is 13.0 Å². The van der Waals surface area contributed by atoms with E-state index >= 15 is 0 Å². The number of rotatable bonds is 4. The van der Waals surface area contributed by atoms with Gasteiger partial charge in [-0.15, -0.1) is 4.98 Å². The highest BCUT2D eigenvalue weighted by Crippen LogP contribution is 2.30. The molecule has 1 aromatic carbocycles. The van der Waals surface area contributed by atoms with Crippen LogP contribution < -0.4 is 14.4 Å². The molecule has 8 heteroatoms. The summed E-state index contributed by atoms with van der Waals surface area (Å²) in [5.41, 5.74) is 1.09. The number of benzene rings is 1. The van der Waals surface area contributed by atoms with Crippen LogP contribution in [0.1, 0.15) is 18.5 Å². The van der Waals surface area contributed by atoms with Crippen LogP contribution in [-0.4, -0.2) is 59.6 Å². The zero-order chi connectivity index (χ0) is 17.8. The van der Waals surface area contributed by atoms with Crippen molar-refractivity contribution >= 4 is 11.9 Å². The maximum Gasteiger partial charge on any atom is 0.324 e. The molecule has 0 saturated carbocycles. The average molecular weight is 343 g/mol. The van der Waals surface area contributed by atoms with Gasteiger partial charge in [0.15, 0.2) is 0 Å². The quantitative estimate of drug-likeness (QED) is 0.827. The number of aromatic nitrogens is 3. The topological polar surface area (TPSA) is 80.7 Å². The Kier molecular flexibility index (Phi) is 4.97. The summed E-state index contributed by atoms with van der Waals surface area (Å²) in [5, 5.41) is 0.